The van der Waals surface area contributed by atoms with Crippen LogP contribution in [0, 0.1) is 35.4 Å². The van der Waals surface area contributed by atoms with Crippen molar-refractivity contribution in [2.45, 2.75) is 58.8 Å². The fourth-order valence-corrected chi connectivity index (χ4v) is 3.71. The van der Waals surface area contributed by atoms with E-state index in [1.165, 1.54) is 42.9 Å². The first-order valence-electron chi connectivity index (χ1n) is 10.8. The Morgan fingerprint density at radius 3 is 2.38 bits per heavy atom. The summed E-state index contributed by atoms with van der Waals surface area (Å²) in [6.45, 7) is 4.34. The molecular formula is C28H29F. The number of allylic oxidation sites excluding steroid dienone is 2. The molecule has 0 saturated heterocycles. The Balaban J connectivity index is 1.67. The van der Waals surface area contributed by atoms with Gasteiger partial charge >= 0.3 is 0 Å². The molecule has 0 bridgehead atoms. The average Bonchev–Trinajstić information content (AvgIpc) is 2.75. The van der Waals surface area contributed by atoms with E-state index < -0.39 is 0 Å². The summed E-state index contributed by atoms with van der Waals surface area (Å²) in [6.07, 6.45) is 10.5. The number of rotatable bonds is 4. The largest absolute Gasteiger partial charge is 0.206 e. The van der Waals surface area contributed by atoms with Crippen LogP contribution in [-0.2, 0) is 0 Å². The van der Waals surface area contributed by atoms with E-state index in [1.807, 2.05) is 18.2 Å². The first-order valence-corrected chi connectivity index (χ1v) is 10.8. The molecule has 0 radical (unpaired) electrons. The third-order valence-corrected chi connectivity index (χ3v) is 5.39. The van der Waals surface area contributed by atoms with Crippen molar-refractivity contribution in [3.8, 4) is 23.7 Å². The van der Waals surface area contributed by atoms with Crippen LogP contribution in [0.1, 0.15) is 81.0 Å². The standard InChI is InChI=1S/C28H29F/c1-3-5-6-8-24-14-20-27(28(29)21-24)19-13-23-11-17-26(18-12-23)25-15-9-22(7-4-2)10-16-25/h11-12,14-15,17-18,20-22H,3-5,7,9-10,16H2,1-2H3. The predicted molar refractivity (Wildman–Crippen MR) is 121 cm³/mol. The van der Waals surface area contributed by atoms with Crippen LogP contribution < -0.4 is 0 Å². The summed E-state index contributed by atoms with van der Waals surface area (Å²) >= 11 is 0. The second kappa shape index (κ2) is 10.7. The molecule has 0 fully saturated rings. The first kappa shape index (κ1) is 21.0. The third kappa shape index (κ3) is 6.10. The zero-order chi connectivity index (χ0) is 20.5. The second-order valence-corrected chi connectivity index (χ2v) is 7.73. The molecule has 3 rings (SSSR count). The van der Waals surface area contributed by atoms with Gasteiger partial charge in [0.15, 0.2) is 0 Å². The van der Waals surface area contributed by atoms with Gasteiger partial charge < -0.3 is 0 Å². The number of hydrogen-bond acceptors (Lipinski definition) is 0. The number of unbranched alkanes of at least 4 members (excludes halogenated alkanes) is 1. The van der Waals surface area contributed by atoms with E-state index in [0.29, 0.717) is 11.1 Å². The van der Waals surface area contributed by atoms with Crippen molar-refractivity contribution in [3.05, 3.63) is 76.6 Å². The van der Waals surface area contributed by atoms with Crippen LogP contribution in [-0.4, -0.2) is 0 Å². The highest BCUT2D eigenvalue weighted by Crippen LogP contribution is 2.32. The Kier molecular flexibility index (Phi) is 7.72. The van der Waals surface area contributed by atoms with E-state index in [9.17, 15) is 4.39 Å². The SMILES string of the molecule is CCCC#Cc1ccc(C#Cc2ccc(C3=CCC(CCC)CC3)cc2)c(F)c1. The van der Waals surface area contributed by atoms with Gasteiger partial charge in [-0.1, -0.05) is 68.6 Å². The van der Waals surface area contributed by atoms with Gasteiger partial charge in [-0.25, -0.2) is 4.39 Å². The van der Waals surface area contributed by atoms with Gasteiger partial charge in [-0.15, -0.1) is 0 Å². The maximum absolute atomic E-state index is 14.3. The van der Waals surface area contributed by atoms with Crippen molar-refractivity contribution >= 4 is 5.57 Å². The quantitative estimate of drug-likeness (QED) is 0.483. The van der Waals surface area contributed by atoms with E-state index >= 15 is 0 Å². The fraction of sp³-hybridized carbons (Fsp3) is 0.357. The van der Waals surface area contributed by atoms with Crippen LogP contribution in [0.5, 0.6) is 0 Å². The van der Waals surface area contributed by atoms with Crippen molar-refractivity contribution in [1.82, 2.24) is 0 Å². The molecule has 0 amide bonds. The molecule has 1 unspecified atom stereocenters. The van der Waals surface area contributed by atoms with Crippen molar-refractivity contribution in [1.29, 1.82) is 0 Å². The lowest BCUT2D eigenvalue weighted by molar-refractivity contribution is 0.445. The van der Waals surface area contributed by atoms with Gasteiger partial charge in [0.2, 0.25) is 0 Å². The van der Waals surface area contributed by atoms with Crippen LogP contribution >= 0.6 is 0 Å². The Hall–Kier alpha value is -2.77. The molecule has 29 heavy (non-hydrogen) atoms. The van der Waals surface area contributed by atoms with E-state index in [-0.39, 0.29) is 5.82 Å². The maximum Gasteiger partial charge on any atom is 0.140 e. The molecule has 1 aliphatic rings. The Bertz CT molecular complexity index is 971. The van der Waals surface area contributed by atoms with E-state index in [2.05, 4.69) is 55.7 Å². The molecular weight excluding hydrogens is 355 g/mol. The molecule has 0 N–H and O–H groups in total. The normalized spacial score (nSPS) is 15.6. The van der Waals surface area contributed by atoms with E-state index in [1.54, 1.807) is 6.07 Å². The molecule has 1 heteroatoms. The lowest BCUT2D eigenvalue weighted by atomic mass is 9.84. The summed E-state index contributed by atoms with van der Waals surface area (Å²) in [7, 11) is 0. The summed E-state index contributed by atoms with van der Waals surface area (Å²) in [4.78, 5) is 0. The second-order valence-electron chi connectivity index (χ2n) is 7.73. The van der Waals surface area contributed by atoms with Gasteiger partial charge in [0.05, 0.1) is 5.56 Å². The molecule has 0 aliphatic heterocycles. The molecule has 1 aliphatic carbocycles. The topological polar surface area (TPSA) is 0 Å². The maximum atomic E-state index is 14.3. The highest BCUT2D eigenvalue weighted by atomic mass is 19.1. The van der Waals surface area contributed by atoms with Crippen LogP contribution in [0.2, 0.25) is 0 Å². The van der Waals surface area contributed by atoms with Crippen LogP contribution in [0.15, 0.2) is 48.5 Å². The molecule has 2 aromatic rings. The lowest BCUT2D eigenvalue weighted by Crippen LogP contribution is -2.04. The zero-order valence-electron chi connectivity index (χ0n) is 17.5. The van der Waals surface area contributed by atoms with E-state index in [0.717, 1.165) is 30.7 Å². The van der Waals surface area contributed by atoms with Gasteiger partial charge in [-0.05, 0) is 73.1 Å². The average molecular weight is 385 g/mol. The summed E-state index contributed by atoms with van der Waals surface area (Å²) < 4.78 is 14.3. The van der Waals surface area contributed by atoms with Gasteiger partial charge in [-0.3, -0.25) is 0 Å². The van der Waals surface area contributed by atoms with Crippen LogP contribution in [0.3, 0.4) is 0 Å². The smallest absolute Gasteiger partial charge is 0.140 e. The first-order chi connectivity index (χ1) is 14.2. The molecule has 0 nitrogen and oxygen atoms in total. The zero-order valence-corrected chi connectivity index (χ0v) is 17.5. The minimum atomic E-state index is -0.314. The summed E-state index contributed by atoms with van der Waals surface area (Å²) in [5.41, 5.74) is 4.74. The fourth-order valence-electron chi connectivity index (χ4n) is 3.71. The Labute approximate surface area is 175 Å². The molecule has 2 aromatic carbocycles. The monoisotopic (exact) mass is 384 g/mol. The summed E-state index contributed by atoms with van der Waals surface area (Å²) in [5, 5.41) is 0. The molecule has 0 heterocycles. The highest BCUT2D eigenvalue weighted by Gasteiger charge is 2.14. The lowest BCUT2D eigenvalue weighted by Gasteiger charge is -2.21. The number of halogens is 1. The minimum absolute atomic E-state index is 0.314. The molecule has 148 valence electrons. The van der Waals surface area contributed by atoms with Gasteiger partial charge in [-0.2, -0.15) is 0 Å². The van der Waals surface area contributed by atoms with Crippen LogP contribution in [0.4, 0.5) is 4.39 Å². The van der Waals surface area contributed by atoms with E-state index in [4.69, 9.17) is 0 Å². The van der Waals surface area contributed by atoms with Gasteiger partial charge in [0.1, 0.15) is 5.82 Å². The summed E-state index contributed by atoms with van der Waals surface area (Å²) in [6, 6.07) is 13.4. The number of benzene rings is 2. The number of hydrogen-bond donors (Lipinski definition) is 0. The van der Waals surface area contributed by atoms with Crippen molar-refractivity contribution in [2.24, 2.45) is 5.92 Å². The molecule has 0 saturated carbocycles. The molecule has 0 aromatic heterocycles. The van der Waals surface area contributed by atoms with Crippen molar-refractivity contribution in [2.75, 3.05) is 0 Å². The molecule has 1 atom stereocenters. The summed E-state index contributed by atoms with van der Waals surface area (Å²) in [5.74, 6) is 12.6. The highest BCUT2D eigenvalue weighted by molar-refractivity contribution is 5.67. The third-order valence-electron chi connectivity index (χ3n) is 5.39. The van der Waals surface area contributed by atoms with Crippen LogP contribution in [0.25, 0.3) is 5.57 Å². The Morgan fingerprint density at radius 1 is 0.931 bits per heavy atom. The van der Waals surface area contributed by atoms with Crippen molar-refractivity contribution in [3.63, 3.8) is 0 Å². The van der Waals surface area contributed by atoms with Crippen molar-refractivity contribution < 1.29 is 4.39 Å². The minimum Gasteiger partial charge on any atom is -0.206 e. The van der Waals surface area contributed by atoms with Gasteiger partial charge in [0, 0.05) is 17.5 Å². The van der Waals surface area contributed by atoms with Gasteiger partial charge in [0.25, 0.3) is 0 Å². The Morgan fingerprint density at radius 2 is 1.72 bits per heavy atom. The molecule has 0 spiro atoms. The predicted octanol–water partition coefficient (Wildman–Crippen LogP) is 7.36.